The van der Waals surface area contributed by atoms with E-state index in [-0.39, 0.29) is 11.8 Å². The highest BCUT2D eigenvalue weighted by atomic mass is 32.2. The second-order valence-electron chi connectivity index (χ2n) is 3.16. The summed E-state index contributed by atoms with van der Waals surface area (Å²) < 4.78 is 5.15. The van der Waals surface area contributed by atoms with E-state index in [1.807, 2.05) is 0 Å². The SMILES string of the molecule is CNC(=O)CSCC(=O)N1CCOCC1. The molecule has 0 aromatic carbocycles. The zero-order chi connectivity index (χ0) is 11.1. The highest BCUT2D eigenvalue weighted by Gasteiger charge is 2.16. The minimum absolute atomic E-state index is 0.0465. The Labute approximate surface area is 93.5 Å². The van der Waals surface area contributed by atoms with Crippen molar-refractivity contribution in [1.82, 2.24) is 10.2 Å². The van der Waals surface area contributed by atoms with Crippen molar-refractivity contribution in [3.8, 4) is 0 Å². The van der Waals surface area contributed by atoms with E-state index in [1.54, 1.807) is 11.9 Å². The van der Waals surface area contributed by atoms with E-state index in [2.05, 4.69) is 5.32 Å². The largest absolute Gasteiger partial charge is 0.378 e. The number of morpholine rings is 1. The van der Waals surface area contributed by atoms with Crippen LogP contribution in [0.4, 0.5) is 0 Å². The lowest BCUT2D eigenvalue weighted by molar-refractivity contribution is -0.132. The number of hydrogen-bond acceptors (Lipinski definition) is 4. The average molecular weight is 232 g/mol. The van der Waals surface area contributed by atoms with Crippen molar-refractivity contribution in [2.45, 2.75) is 0 Å². The summed E-state index contributed by atoms with van der Waals surface area (Å²) in [7, 11) is 1.59. The fourth-order valence-electron chi connectivity index (χ4n) is 1.21. The van der Waals surface area contributed by atoms with Crippen LogP contribution in [0.2, 0.25) is 0 Å². The van der Waals surface area contributed by atoms with Crippen LogP contribution in [0.15, 0.2) is 0 Å². The van der Waals surface area contributed by atoms with E-state index < -0.39 is 0 Å². The number of thioether (sulfide) groups is 1. The minimum Gasteiger partial charge on any atom is -0.378 e. The van der Waals surface area contributed by atoms with Gasteiger partial charge in [0.25, 0.3) is 0 Å². The zero-order valence-electron chi connectivity index (χ0n) is 8.82. The van der Waals surface area contributed by atoms with Crippen molar-refractivity contribution < 1.29 is 14.3 Å². The third kappa shape index (κ3) is 4.53. The molecule has 0 atom stereocenters. The van der Waals surface area contributed by atoms with Crippen LogP contribution in [-0.2, 0) is 14.3 Å². The standard InChI is InChI=1S/C9H16N2O3S/c1-10-8(12)6-15-7-9(13)11-2-4-14-5-3-11/h2-7H2,1H3,(H,10,12). The Balaban J connectivity index is 2.14. The lowest BCUT2D eigenvalue weighted by Crippen LogP contribution is -2.41. The molecule has 0 aliphatic carbocycles. The first-order chi connectivity index (χ1) is 7.24. The van der Waals surface area contributed by atoms with Crippen molar-refractivity contribution in [2.75, 3.05) is 44.9 Å². The predicted octanol–water partition coefficient (Wildman–Crippen LogP) is -0.676. The third-order valence-electron chi connectivity index (χ3n) is 2.10. The fraction of sp³-hybridized carbons (Fsp3) is 0.778. The predicted molar refractivity (Wildman–Crippen MR) is 58.8 cm³/mol. The molecule has 0 unspecified atom stereocenters. The lowest BCUT2D eigenvalue weighted by Gasteiger charge is -2.26. The summed E-state index contributed by atoms with van der Waals surface area (Å²) in [5.41, 5.74) is 0. The van der Waals surface area contributed by atoms with Crippen LogP contribution in [0.5, 0.6) is 0 Å². The van der Waals surface area contributed by atoms with Crippen LogP contribution in [-0.4, -0.2) is 61.6 Å². The van der Waals surface area contributed by atoms with E-state index in [4.69, 9.17) is 4.74 Å². The van der Waals surface area contributed by atoms with E-state index in [0.29, 0.717) is 37.8 Å². The monoisotopic (exact) mass is 232 g/mol. The first-order valence-corrected chi connectivity index (χ1v) is 6.03. The van der Waals surface area contributed by atoms with Gasteiger partial charge in [-0.1, -0.05) is 0 Å². The van der Waals surface area contributed by atoms with Gasteiger partial charge in [0, 0.05) is 20.1 Å². The topological polar surface area (TPSA) is 58.6 Å². The van der Waals surface area contributed by atoms with Gasteiger partial charge in [-0.3, -0.25) is 9.59 Å². The maximum absolute atomic E-state index is 11.6. The van der Waals surface area contributed by atoms with Gasteiger partial charge >= 0.3 is 0 Å². The number of rotatable bonds is 4. The third-order valence-corrected chi connectivity index (χ3v) is 3.02. The summed E-state index contributed by atoms with van der Waals surface area (Å²) in [6.07, 6.45) is 0. The molecule has 6 heteroatoms. The normalized spacial score (nSPS) is 16.2. The van der Waals surface area contributed by atoms with Gasteiger partial charge in [0.1, 0.15) is 0 Å². The molecule has 0 bridgehead atoms. The lowest BCUT2D eigenvalue weighted by atomic mass is 10.4. The molecule has 1 N–H and O–H groups in total. The molecule has 0 spiro atoms. The van der Waals surface area contributed by atoms with Crippen LogP contribution in [0.3, 0.4) is 0 Å². The number of amides is 2. The number of carbonyl (C=O) groups is 2. The van der Waals surface area contributed by atoms with Crippen LogP contribution in [0.1, 0.15) is 0 Å². The molecule has 1 fully saturated rings. The second-order valence-corrected chi connectivity index (χ2v) is 4.14. The molecular formula is C9H16N2O3S. The molecule has 15 heavy (non-hydrogen) atoms. The Bertz CT molecular complexity index is 229. The van der Waals surface area contributed by atoms with Gasteiger partial charge in [0.2, 0.25) is 11.8 Å². The summed E-state index contributed by atoms with van der Waals surface area (Å²) in [5.74, 6) is 0.752. The van der Waals surface area contributed by atoms with Crippen molar-refractivity contribution in [3.63, 3.8) is 0 Å². The first-order valence-electron chi connectivity index (χ1n) is 4.88. The van der Waals surface area contributed by atoms with Gasteiger partial charge in [-0.05, 0) is 0 Å². The number of hydrogen-bond donors (Lipinski definition) is 1. The van der Waals surface area contributed by atoms with Gasteiger partial charge in [-0.25, -0.2) is 0 Å². The van der Waals surface area contributed by atoms with Gasteiger partial charge in [-0.2, -0.15) is 0 Å². The average Bonchev–Trinajstić information content (AvgIpc) is 2.29. The van der Waals surface area contributed by atoms with Crippen LogP contribution >= 0.6 is 11.8 Å². The Morgan fingerprint density at radius 1 is 1.33 bits per heavy atom. The molecule has 0 aromatic heterocycles. The minimum atomic E-state index is -0.0465. The Hall–Kier alpha value is -0.750. The summed E-state index contributed by atoms with van der Waals surface area (Å²) in [6.45, 7) is 2.57. The molecule has 1 rings (SSSR count). The molecule has 2 amide bonds. The van der Waals surface area contributed by atoms with Crippen molar-refractivity contribution >= 4 is 23.6 Å². The second kappa shape index (κ2) is 6.68. The summed E-state index contributed by atoms with van der Waals surface area (Å²) >= 11 is 1.34. The number of carbonyl (C=O) groups excluding carboxylic acids is 2. The Morgan fingerprint density at radius 2 is 2.00 bits per heavy atom. The summed E-state index contributed by atoms with van der Waals surface area (Å²) in [6, 6.07) is 0. The Kier molecular flexibility index (Phi) is 5.49. The van der Waals surface area contributed by atoms with Gasteiger partial charge in [0.15, 0.2) is 0 Å². The van der Waals surface area contributed by atoms with Gasteiger partial charge in [-0.15, -0.1) is 11.8 Å². The number of nitrogens with zero attached hydrogens (tertiary/aromatic N) is 1. The van der Waals surface area contributed by atoms with Gasteiger partial charge < -0.3 is 15.0 Å². The molecule has 5 nitrogen and oxygen atoms in total. The molecule has 0 aromatic rings. The van der Waals surface area contributed by atoms with Crippen molar-refractivity contribution in [1.29, 1.82) is 0 Å². The summed E-state index contributed by atoms with van der Waals surface area (Å²) in [4.78, 5) is 24.3. The molecule has 0 radical (unpaired) electrons. The smallest absolute Gasteiger partial charge is 0.232 e. The van der Waals surface area contributed by atoms with Crippen molar-refractivity contribution in [2.24, 2.45) is 0 Å². The molecule has 1 aliphatic heterocycles. The van der Waals surface area contributed by atoms with Gasteiger partial charge in [0.05, 0.1) is 24.7 Å². The molecule has 1 heterocycles. The zero-order valence-corrected chi connectivity index (χ0v) is 9.64. The highest BCUT2D eigenvalue weighted by Crippen LogP contribution is 2.04. The molecule has 86 valence electrons. The van der Waals surface area contributed by atoms with Crippen LogP contribution in [0.25, 0.3) is 0 Å². The number of nitrogens with one attached hydrogen (secondary N) is 1. The van der Waals surface area contributed by atoms with E-state index in [9.17, 15) is 9.59 Å². The van der Waals surface area contributed by atoms with Crippen molar-refractivity contribution in [3.05, 3.63) is 0 Å². The maximum Gasteiger partial charge on any atom is 0.232 e. The van der Waals surface area contributed by atoms with Crippen LogP contribution < -0.4 is 5.32 Å². The first kappa shape index (κ1) is 12.3. The number of ether oxygens (including phenoxy) is 1. The molecule has 1 saturated heterocycles. The molecule has 1 aliphatic rings. The highest BCUT2D eigenvalue weighted by molar-refractivity contribution is 8.00. The van der Waals surface area contributed by atoms with E-state index >= 15 is 0 Å². The quantitative estimate of drug-likeness (QED) is 0.698. The Morgan fingerprint density at radius 3 is 2.60 bits per heavy atom. The molecular weight excluding hydrogens is 216 g/mol. The van der Waals surface area contributed by atoms with E-state index in [0.717, 1.165) is 0 Å². The molecule has 0 saturated carbocycles. The fourth-order valence-corrected chi connectivity index (χ4v) is 2.00. The summed E-state index contributed by atoms with van der Waals surface area (Å²) in [5, 5.41) is 2.51. The van der Waals surface area contributed by atoms with Crippen LogP contribution in [0, 0.1) is 0 Å². The maximum atomic E-state index is 11.6. The van der Waals surface area contributed by atoms with E-state index in [1.165, 1.54) is 11.8 Å².